The molecule has 2 heterocycles. The van der Waals surface area contributed by atoms with E-state index in [-0.39, 0.29) is 30.7 Å². The van der Waals surface area contributed by atoms with Crippen LogP contribution in [0.15, 0.2) is 54.6 Å². The van der Waals surface area contributed by atoms with Crippen LogP contribution < -0.4 is 5.32 Å². The van der Waals surface area contributed by atoms with Gasteiger partial charge in [0.15, 0.2) is 0 Å². The maximum absolute atomic E-state index is 13.6. The van der Waals surface area contributed by atoms with E-state index in [0.29, 0.717) is 37.1 Å². The molecule has 0 aromatic heterocycles. The normalized spacial score (nSPS) is 16.8. The van der Waals surface area contributed by atoms with Crippen molar-refractivity contribution >= 4 is 23.6 Å². The zero-order chi connectivity index (χ0) is 23.4. The van der Waals surface area contributed by atoms with Crippen LogP contribution in [0.25, 0.3) is 0 Å². The van der Waals surface area contributed by atoms with E-state index in [0.717, 1.165) is 10.5 Å². The van der Waals surface area contributed by atoms with Crippen LogP contribution in [0.2, 0.25) is 0 Å². The molecule has 1 unspecified atom stereocenters. The van der Waals surface area contributed by atoms with Crippen molar-refractivity contribution in [2.24, 2.45) is 0 Å². The van der Waals surface area contributed by atoms with Gasteiger partial charge in [-0.25, -0.2) is 0 Å². The maximum atomic E-state index is 13.6. The van der Waals surface area contributed by atoms with Crippen LogP contribution in [0.1, 0.15) is 45.5 Å². The number of rotatable bonds is 6. The molecule has 2 aliphatic rings. The number of piperidine rings is 1. The number of carbonyl (C=O) groups is 4. The Morgan fingerprint density at radius 1 is 0.970 bits per heavy atom. The topological polar surface area (TPSA) is 111 Å². The van der Waals surface area contributed by atoms with E-state index in [1.165, 1.54) is 0 Å². The number of amides is 4. The average molecular weight is 444 g/mol. The average Bonchev–Trinajstić information content (AvgIpc) is 3.08. The molecule has 0 saturated carbocycles. The van der Waals surface area contributed by atoms with Crippen molar-refractivity contribution in [1.29, 1.82) is 5.26 Å². The summed E-state index contributed by atoms with van der Waals surface area (Å²) in [5, 5.41) is 11.5. The summed E-state index contributed by atoms with van der Waals surface area (Å²) in [5.41, 5.74) is 1.48. The molecule has 0 aliphatic carbocycles. The summed E-state index contributed by atoms with van der Waals surface area (Å²) in [4.78, 5) is 54.3. The first-order valence-corrected chi connectivity index (χ1v) is 11.0. The molecule has 33 heavy (non-hydrogen) atoms. The van der Waals surface area contributed by atoms with Gasteiger partial charge in [0.2, 0.25) is 11.8 Å². The van der Waals surface area contributed by atoms with Crippen LogP contribution in [0.3, 0.4) is 0 Å². The van der Waals surface area contributed by atoms with E-state index < -0.39 is 17.9 Å². The van der Waals surface area contributed by atoms with E-state index in [2.05, 4.69) is 5.32 Å². The Kier molecular flexibility index (Phi) is 6.50. The van der Waals surface area contributed by atoms with Crippen LogP contribution in [-0.2, 0) is 16.0 Å². The van der Waals surface area contributed by atoms with Crippen molar-refractivity contribution in [1.82, 2.24) is 15.1 Å². The number of hydrogen-bond donors (Lipinski definition) is 1. The van der Waals surface area contributed by atoms with E-state index in [4.69, 9.17) is 5.26 Å². The van der Waals surface area contributed by atoms with Gasteiger partial charge >= 0.3 is 0 Å². The van der Waals surface area contributed by atoms with Crippen molar-refractivity contribution in [3.8, 4) is 6.07 Å². The lowest BCUT2D eigenvalue weighted by molar-refractivity contribution is -0.136. The molecule has 1 N–H and O–H groups in total. The van der Waals surface area contributed by atoms with Crippen molar-refractivity contribution in [3.05, 3.63) is 71.3 Å². The van der Waals surface area contributed by atoms with Gasteiger partial charge in [0.1, 0.15) is 12.5 Å². The first-order chi connectivity index (χ1) is 16.0. The second kappa shape index (κ2) is 9.65. The summed E-state index contributed by atoms with van der Waals surface area (Å²) in [7, 11) is 0. The number of carbonyl (C=O) groups excluding carboxylic acids is 4. The summed E-state index contributed by atoms with van der Waals surface area (Å²) in [6.07, 6.45) is 1.12. The molecule has 8 heteroatoms. The summed E-state index contributed by atoms with van der Waals surface area (Å²) in [6, 6.07) is 16.7. The molecule has 0 spiro atoms. The minimum atomic E-state index is -0.954. The second-order valence-electron chi connectivity index (χ2n) is 8.23. The molecular formula is C25H24N4O4. The van der Waals surface area contributed by atoms with Crippen molar-refractivity contribution < 1.29 is 19.2 Å². The van der Waals surface area contributed by atoms with Gasteiger partial charge in [0.25, 0.3) is 11.8 Å². The number of imide groups is 1. The molecule has 8 nitrogen and oxygen atoms in total. The molecule has 1 atom stereocenters. The van der Waals surface area contributed by atoms with Crippen LogP contribution in [0.4, 0.5) is 0 Å². The van der Waals surface area contributed by atoms with Crippen LogP contribution in [0, 0.1) is 11.3 Å². The highest BCUT2D eigenvalue weighted by molar-refractivity contribution is 6.22. The summed E-state index contributed by atoms with van der Waals surface area (Å²) < 4.78 is 0. The molecule has 1 saturated heterocycles. The lowest BCUT2D eigenvalue weighted by Crippen LogP contribution is -2.55. The minimum Gasteiger partial charge on any atom is -0.352 e. The highest BCUT2D eigenvalue weighted by Crippen LogP contribution is 2.27. The Labute approximate surface area is 191 Å². The predicted molar refractivity (Wildman–Crippen MR) is 119 cm³/mol. The number of nitriles is 1. The summed E-state index contributed by atoms with van der Waals surface area (Å²) in [5.74, 6) is -1.52. The van der Waals surface area contributed by atoms with Gasteiger partial charge in [-0.1, -0.05) is 42.5 Å². The van der Waals surface area contributed by atoms with Crippen LogP contribution in [-0.4, -0.2) is 58.6 Å². The van der Waals surface area contributed by atoms with Gasteiger partial charge in [-0.2, -0.15) is 5.26 Å². The summed E-state index contributed by atoms with van der Waals surface area (Å²) >= 11 is 0. The molecule has 168 valence electrons. The Balaban J connectivity index is 1.53. The largest absolute Gasteiger partial charge is 0.352 e. The number of hydrogen-bond acceptors (Lipinski definition) is 5. The third-order valence-electron chi connectivity index (χ3n) is 6.11. The first kappa shape index (κ1) is 22.2. The minimum absolute atomic E-state index is 0.109. The van der Waals surface area contributed by atoms with E-state index >= 15 is 0 Å². The molecular weight excluding hydrogens is 420 g/mol. The fourth-order valence-corrected chi connectivity index (χ4v) is 4.42. The maximum Gasteiger partial charge on any atom is 0.262 e. The fraction of sp³-hybridized carbons (Fsp3) is 0.320. The molecule has 0 radical (unpaired) electrons. The number of fused-ring (bicyclic) bond motifs is 1. The predicted octanol–water partition coefficient (Wildman–Crippen LogP) is 1.91. The Bertz CT molecular complexity index is 1080. The van der Waals surface area contributed by atoms with Gasteiger partial charge in [-0.15, -0.1) is 0 Å². The lowest BCUT2D eigenvalue weighted by Gasteiger charge is -2.36. The number of nitrogens with one attached hydrogen (secondary N) is 1. The van der Waals surface area contributed by atoms with Crippen molar-refractivity contribution in [3.63, 3.8) is 0 Å². The molecule has 2 aromatic carbocycles. The molecule has 2 aromatic rings. The van der Waals surface area contributed by atoms with E-state index in [9.17, 15) is 19.2 Å². The third-order valence-corrected chi connectivity index (χ3v) is 6.11. The zero-order valence-corrected chi connectivity index (χ0v) is 18.1. The third kappa shape index (κ3) is 4.62. The Morgan fingerprint density at radius 3 is 2.12 bits per heavy atom. The highest BCUT2D eigenvalue weighted by Gasteiger charge is 2.44. The number of benzene rings is 2. The Morgan fingerprint density at radius 2 is 1.55 bits per heavy atom. The quantitative estimate of drug-likeness (QED) is 0.685. The molecule has 0 bridgehead atoms. The molecule has 4 amide bonds. The number of nitrogens with zero attached hydrogens (tertiary/aromatic N) is 3. The molecule has 1 fully saturated rings. The van der Waals surface area contributed by atoms with Crippen LogP contribution in [0.5, 0.6) is 0 Å². The Hall–Kier alpha value is -3.99. The molecule has 2 aliphatic heterocycles. The zero-order valence-electron chi connectivity index (χ0n) is 18.1. The first-order valence-electron chi connectivity index (χ1n) is 11.0. The van der Waals surface area contributed by atoms with Crippen molar-refractivity contribution in [2.45, 2.75) is 37.8 Å². The fourth-order valence-electron chi connectivity index (χ4n) is 4.42. The highest BCUT2D eigenvalue weighted by atomic mass is 16.2. The second-order valence-corrected chi connectivity index (χ2v) is 8.23. The van der Waals surface area contributed by atoms with Crippen LogP contribution >= 0.6 is 0 Å². The molecule has 4 rings (SSSR count). The van der Waals surface area contributed by atoms with Gasteiger partial charge in [-0.05, 0) is 30.5 Å². The van der Waals surface area contributed by atoms with Gasteiger partial charge in [0, 0.05) is 25.6 Å². The van der Waals surface area contributed by atoms with E-state index in [1.807, 2.05) is 36.4 Å². The van der Waals surface area contributed by atoms with Gasteiger partial charge < -0.3 is 10.2 Å². The lowest BCUT2D eigenvalue weighted by atomic mass is 10.00. The van der Waals surface area contributed by atoms with Gasteiger partial charge in [0.05, 0.1) is 17.2 Å². The number of likely N-dealkylation sites (tertiary alicyclic amines) is 1. The summed E-state index contributed by atoms with van der Waals surface area (Å²) in [6.45, 7) is 0.787. The standard InChI is InChI=1S/C25H24N4O4/c26-13-10-22(30)27-18-11-14-28(15-12-18)25(33)21(16-17-6-2-1-3-7-17)29-23(31)19-8-4-5-9-20(19)24(29)32/h1-9,18,21H,10-12,14-16H2,(H,27,30). The van der Waals surface area contributed by atoms with E-state index in [1.54, 1.807) is 29.2 Å². The SMILES string of the molecule is N#CCC(=O)NC1CCN(C(=O)C(Cc2ccccc2)N2C(=O)c3ccccc3C2=O)CC1. The smallest absolute Gasteiger partial charge is 0.262 e. The monoisotopic (exact) mass is 444 g/mol. The van der Waals surface area contributed by atoms with Gasteiger partial charge in [-0.3, -0.25) is 24.1 Å². The van der Waals surface area contributed by atoms with Crippen molar-refractivity contribution in [2.75, 3.05) is 13.1 Å².